The second kappa shape index (κ2) is 3.78. The zero-order chi connectivity index (χ0) is 8.97. The maximum atomic E-state index is 11.1. The van der Waals surface area contributed by atoms with E-state index in [0.29, 0.717) is 5.56 Å². The normalized spacial score (nSPS) is 12.1. The number of carbonyl (C=O) groups excluding carboxylic acids is 2. The molecule has 62 valence electrons. The molecule has 0 radical (unpaired) electrons. The number of Topliss-reactive ketones (excluding diaryl/α,β-unsaturated/α-hetero) is 1. The number of ketones is 1. The van der Waals surface area contributed by atoms with E-state index in [1.165, 1.54) is 0 Å². The molecule has 0 aliphatic heterocycles. The molecule has 1 aromatic carbocycles. The predicted molar refractivity (Wildman–Crippen MR) is 42.8 cm³/mol. The highest BCUT2D eigenvalue weighted by Crippen LogP contribution is 2.01. The fourth-order valence-electron chi connectivity index (χ4n) is 0.835. The Morgan fingerprint density at radius 2 is 1.92 bits per heavy atom. The monoisotopic (exact) mass is 164 g/mol. The van der Waals surface area contributed by atoms with E-state index in [9.17, 15) is 9.59 Å². The molecule has 0 spiro atoms. The van der Waals surface area contributed by atoms with Crippen molar-refractivity contribution in [3.05, 3.63) is 35.9 Å². The number of aldehydes is 1. The minimum absolute atomic E-state index is 0.218. The lowest BCUT2D eigenvalue weighted by Crippen LogP contribution is -2.21. The van der Waals surface area contributed by atoms with Gasteiger partial charge in [-0.1, -0.05) is 30.3 Å². The van der Waals surface area contributed by atoms with E-state index in [2.05, 4.69) is 0 Å². The molecular weight excluding hydrogens is 156 g/mol. The zero-order valence-corrected chi connectivity index (χ0v) is 6.31. The van der Waals surface area contributed by atoms with Crippen LogP contribution in [0.5, 0.6) is 0 Å². The minimum atomic E-state index is -1.53. The van der Waals surface area contributed by atoms with Gasteiger partial charge in [-0.05, 0) is 0 Å². The second-order valence-electron chi connectivity index (χ2n) is 2.31. The Morgan fingerprint density at radius 3 is 2.42 bits per heavy atom. The van der Waals surface area contributed by atoms with Crippen molar-refractivity contribution in [3.63, 3.8) is 0 Å². The Hall–Kier alpha value is -1.48. The van der Waals surface area contributed by atoms with Crippen molar-refractivity contribution in [3.8, 4) is 0 Å². The number of aliphatic hydroxyl groups is 1. The van der Waals surface area contributed by atoms with Gasteiger partial charge in [0.2, 0.25) is 0 Å². The second-order valence-corrected chi connectivity index (χ2v) is 2.31. The number of aliphatic hydroxyl groups excluding tert-OH is 1. The Labute approximate surface area is 69.6 Å². The molecule has 0 aromatic heterocycles. The quantitative estimate of drug-likeness (QED) is 0.400. The molecule has 0 fully saturated rings. The van der Waals surface area contributed by atoms with Crippen molar-refractivity contribution in [2.45, 2.75) is 6.10 Å². The molecule has 0 saturated carbocycles. The lowest BCUT2D eigenvalue weighted by molar-refractivity contribution is -0.112. The van der Waals surface area contributed by atoms with Gasteiger partial charge in [-0.2, -0.15) is 0 Å². The highest BCUT2D eigenvalue weighted by atomic mass is 16.3. The van der Waals surface area contributed by atoms with Crippen molar-refractivity contribution in [2.75, 3.05) is 0 Å². The third kappa shape index (κ3) is 1.77. The first-order valence-electron chi connectivity index (χ1n) is 3.48. The summed E-state index contributed by atoms with van der Waals surface area (Å²) in [6, 6.07) is 8.20. The van der Waals surface area contributed by atoms with E-state index in [1.807, 2.05) is 0 Å². The molecule has 3 nitrogen and oxygen atoms in total. The number of hydrogen-bond donors (Lipinski definition) is 1. The van der Waals surface area contributed by atoms with Gasteiger partial charge in [-0.25, -0.2) is 0 Å². The summed E-state index contributed by atoms with van der Waals surface area (Å²) in [5, 5.41) is 8.86. The van der Waals surface area contributed by atoms with E-state index in [1.54, 1.807) is 30.3 Å². The van der Waals surface area contributed by atoms with Gasteiger partial charge in [0.1, 0.15) is 0 Å². The molecule has 1 rings (SSSR count). The average Bonchev–Trinajstić information content (AvgIpc) is 2.17. The van der Waals surface area contributed by atoms with Crippen molar-refractivity contribution in [1.29, 1.82) is 0 Å². The van der Waals surface area contributed by atoms with Gasteiger partial charge in [-0.15, -0.1) is 0 Å². The fraction of sp³-hybridized carbons (Fsp3) is 0.111. The number of hydrogen-bond acceptors (Lipinski definition) is 3. The van der Waals surface area contributed by atoms with E-state index in [4.69, 9.17) is 5.11 Å². The molecule has 3 heteroatoms. The van der Waals surface area contributed by atoms with Crippen LogP contribution in [0, 0.1) is 0 Å². The van der Waals surface area contributed by atoms with Gasteiger partial charge in [-0.3, -0.25) is 9.59 Å². The van der Waals surface area contributed by atoms with Crippen LogP contribution in [0.25, 0.3) is 0 Å². The Morgan fingerprint density at radius 1 is 1.33 bits per heavy atom. The first-order valence-corrected chi connectivity index (χ1v) is 3.48. The molecular formula is C9H8O3. The first kappa shape index (κ1) is 8.62. The van der Waals surface area contributed by atoms with Crippen LogP contribution in [-0.2, 0) is 4.79 Å². The molecule has 0 heterocycles. The fourth-order valence-corrected chi connectivity index (χ4v) is 0.835. The third-order valence-corrected chi connectivity index (χ3v) is 1.46. The smallest absolute Gasteiger partial charge is 0.198 e. The maximum Gasteiger partial charge on any atom is 0.198 e. The Balaban J connectivity index is 2.85. The van der Waals surface area contributed by atoms with Crippen molar-refractivity contribution < 1.29 is 14.7 Å². The molecule has 0 aliphatic carbocycles. The van der Waals surface area contributed by atoms with Gasteiger partial charge < -0.3 is 5.11 Å². The predicted octanol–water partition coefficient (Wildman–Crippen LogP) is 0.429. The number of carbonyl (C=O) groups is 2. The van der Waals surface area contributed by atoms with Gasteiger partial charge in [0.25, 0.3) is 0 Å². The van der Waals surface area contributed by atoms with Crippen LogP contribution in [0.15, 0.2) is 30.3 Å². The summed E-state index contributed by atoms with van der Waals surface area (Å²) in [5.41, 5.74) is 0.345. The molecule has 12 heavy (non-hydrogen) atoms. The zero-order valence-electron chi connectivity index (χ0n) is 6.31. The van der Waals surface area contributed by atoms with E-state index in [-0.39, 0.29) is 6.29 Å². The molecule has 0 aliphatic rings. The molecule has 0 saturated heterocycles. The van der Waals surface area contributed by atoms with Crippen LogP contribution in [0.3, 0.4) is 0 Å². The highest BCUT2D eigenvalue weighted by Gasteiger charge is 2.14. The highest BCUT2D eigenvalue weighted by molar-refractivity contribution is 6.07. The van der Waals surface area contributed by atoms with Crippen LogP contribution in [-0.4, -0.2) is 23.3 Å². The topological polar surface area (TPSA) is 54.4 Å². The number of rotatable bonds is 3. The van der Waals surface area contributed by atoms with Crippen LogP contribution in [0.4, 0.5) is 0 Å². The Kier molecular flexibility index (Phi) is 2.71. The summed E-state index contributed by atoms with van der Waals surface area (Å²) in [5.74, 6) is -0.564. The lowest BCUT2D eigenvalue weighted by atomic mass is 10.1. The van der Waals surface area contributed by atoms with E-state index >= 15 is 0 Å². The summed E-state index contributed by atoms with van der Waals surface area (Å²) in [4.78, 5) is 21.1. The van der Waals surface area contributed by atoms with Gasteiger partial charge in [0, 0.05) is 5.56 Å². The van der Waals surface area contributed by atoms with Gasteiger partial charge in [0.05, 0.1) is 0 Å². The molecule has 0 amide bonds. The summed E-state index contributed by atoms with van der Waals surface area (Å²) in [7, 11) is 0. The first-order chi connectivity index (χ1) is 5.75. The van der Waals surface area contributed by atoms with Crippen molar-refractivity contribution >= 4 is 12.1 Å². The Bertz CT molecular complexity index is 279. The van der Waals surface area contributed by atoms with Crippen molar-refractivity contribution in [2.24, 2.45) is 0 Å². The molecule has 1 aromatic rings. The van der Waals surface area contributed by atoms with Crippen LogP contribution >= 0.6 is 0 Å². The summed E-state index contributed by atoms with van der Waals surface area (Å²) in [6.45, 7) is 0. The molecule has 0 bridgehead atoms. The van der Waals surface area contributed by atoms with E-state index in [0.717, 1.165) is 0 Å². The van der Waals surface area contributed by atoms with E-state index < -0.39 is 11.9 Å². The third-order valence-electron chi connectivity index (χ3n) is 1.46. The van der Waals surface area contributed by atoms with Crippen LogP contribution in [0.1, 0.15) is 10.4 Å². The van der Waals surface area contributed by atoms with Gasteiger partial charge >= 0.3 is 0 Å². The largest absolute Gasteiger partial charge is 0.377 e. The molecule has 1 atom stereocenters. The lowest BCUT2D eigenvalue weighted by Gasteiger charge is -2.00. The minimum Gasteiger partial charge on any atom is -0.377 e. The summed E-state index contributed by atoms with van der Waals surface area (Å²) >= 11 is 0. The SMILES string of the molecule is O=CC(O)C(=O)c1ccccc1. The van der Waals surface area contributed by atoms with Crippen LogP contribution < -0.4 is 0 Å². The molecule has 1 N–H and O–H groups in total. The average molecular weight is 164 g/mol. The van der Waals surface area contributed by atoms with Gasteiger partial charge in [0.15, 0.2) is 18.2 Å². The summed E-state index contributed by atoms with van der Waals surface area (Å²) in [6.07, 6.45) is -1.32. The van der Waals surface area contributed by atoms with Crippen LogP contribution in [0.2, 0.25) is 0 Å². The standard InChI is InChI=1S/C9H8O3/c10-6-8(11)9(12)7-4-2-1-3-5-7/h1-6,8,11H. The maximum absolute atomic E-state index is 11.1. The number of benzene rings is 1. The van der Waals surface area contributed by atoms with Crippen molar-refractivity contribution in [1.82, 2.24) is 0 Å². The summed E-state index contributed by atoms with van der Waals surface area (Å²) < 4.78 is 0. The molecule has 1 unspecified atom stereocenters.